The third-order valence-electron chi connectivity index (χ3n) is 4.61. The van der Waals surface area contributed by atoms with Gasteiger partial charge >= 0.3 is 0 Å². The topological polar surface area (TPSA) is 146 Å². The lowest BCUT2D eigenvalue weighted by molar-refractivity contribution is -0.763. The third-order valence-corrected chi connectivity index (χ3v) is 6.04. The first kappa shape index (κ1) is 23.8. The Morgan fingerprint density at radius 1 is 1.24 bits per heavy atom. The van der Waals surface area contributed by atoms with E-state index in [0.29, 0.717) is 0 Å². The smallest absolute Gasteiger partial charge is 0.294 e. The van der Waals surface area contributed by atoms with Crippen LogP contribution in [0.15, 0.2) is 41.3 Å². The molecule has 11 nitrogen and oxygen atoms in total. The van der Waals surface area contributed by atoms with Crippen molar-refractivity contribution in [1.82, 2.24) is 19.5 Å². The summed E-state index contributed by atoms with van der Waals surface area (Å²) in [5.41, 5.74) is 2.71. The number of hydrogen-bond donors (Lipinski definition) is 1. The van der Waals surface area contributed by atoms with Crippen LogP contribution in [0.5, 0.6) is 0 Å². The van der Waals surface area contributed by atoms with Crippen LogP contribution in [0, 0.1) is 29.8 Å². The van der Waals surface area contributed by atoms with Gasteiger partial charge in [0.25, 0.3) is 15.1 Å². The molecule has 3 rings (SSSR count). The second-order valence-electron chi connectivity index (χ2n) is 7.23. The molecule has 0 aliphatic rings. The first-order chi connectivity index (χ1) is 15.5. The quantitative estimate of drug-likeness (QED) is 0.383. The van der Waals surface area contributed by atoms with Crippen LogP contribution >= 0.6 is 0 Å². The molecule has 13 heteroatoms. The summed E-state index contributed by atoms with van der Waals surface area (Å²) >= 11 is 0. The maximum atomic E-state index is 15.0. The monoisotopic (exact) mass is 477 g/mol. The van der Waals surface area contributed by atoms with Crippen molar-refractivity contribution in [2.75, 3.05) is 0 Å². The van der Waals surface area contributed by atoms with Crippen molar-refractivity contribution in [2.24, 2.45) is 0 Å². The van der Waals surface area contributed by atoms with Crippen LogP contribution in [0.2, 0.25) is 0 Å². The minimum Gasteiger partial charge on any atom is -0.306 e. The van der Waals surface area contributed by atoms with Gasteiger partial charge in [-0.25, -0.2) is 27.2 Å². The number of sulfonamides is 1. The van der Waals surface area contributed by atoms with Gasteiger partial charge in [0.2, 0.25) is 5.91 Å². The summed E-state index contributed by atoms with van der Waals surface area (Å²) in [7, 11) is -4.24. The van der Waals surface area contributed by atoms with E-state index in [0.717, 1.165) is 40.4 Å². The molecule has 0 saturated heterocycles. The van der Waals surface area contributed by atoms with Gasteiger partial charge in [-0.3, -0.25) is 4.79 Å². The molecule has 0 fully saturated rings. The number of carbonyl (C=O) groups is 1. The fourth-order valence-corrected chi connectivity index (χ4v) is 4.11. The van der Waals surface area contributed by atoms with Crippen molar-refractivity contribution in [1.29, 1.82) is 0 Å². The number of carbonyl (C=O) groups excluding carboxylic acids is 1. The Kier molecular flexibility index (Phi) is 6.72. The average molecular weight is 477 g/mol. The van der Waals surface area contributed by atoms with Gasteiger partial charge in [-0.05, 0) is 43.2 Å². The number of hydrogen-bond acceptors (Lipinski definition) is 8. The molecule has 33 heavy (non-hydrogen) atoms. The normalized spacial score (nSPS) is 11.3. The van der Waals surface area contributed by atoms with E-state index in [2.05, 4.69) is 14.9 Å². The zero-order chi connectivity index (χ0) is 24.3. The lowest BCUT2D eigenvalue weighted by Crippen LogP contribution is -2.28. The van der Waals surface area contributed by atoms with E-state index in [1.54, 1.807) is 4.72 Å². The van der Waals surface area contributed by atoms with Crippen molar-refractivity contribution in [2.45, 2.75) is 38.7 Å². The predicted octanol–water partition coefficient (Wildman–Crippen LogP) is 2.15. The van der Waals surface area contributed by atoms with Crippen LogP contribution in [0.4, 0.5) is 4.39 Å². The minimum absolute atomic E-state index is 0.0543. The van der Waals surface area contributed by atoms with E-state index in [1.807, 2.05) is 32.0 Å². The number of aryl methyl sites for hydroxylation is 2. The van der Waals surface area contributed by atoms with E-state index < -0.39 is 38.3 Å². The maximum Gasteiger partial charge on any atom is 0.294 e. The number of rotatable bonds is 8. The molecule has 1 heterocycles. The molecule has 0 saturated carbocycles. The van der Waals surface area contributed by atoms with Gasteiger partial charge in [0, 0.05) is 13.3 Å². The number of nitrogens with one attached hydrogen (secondary N) is 1. The zero-order valence-electron chi connectivity index (χ0n) is 17.9. The Labute approximate surface area is 188 Å². The van der Waals surface area contributed by atoms with Crippen LogP contribution in [0.3, 0.4) is 0 Å². The van der Waals surface area contributed by atoms with E-state index >= 15 is 0 Å². The van der Waals surface area contributed by atoms with E-state index in [1.165, 1.54) is 6.07 Å². The van der Waals surface area contributed by atoms with Crippen molar-refractivity contribution < 1.29 is 27.5 Å². The molecule has 1 aromatic heterocycles. The molecule has 0 spiro atoms. The highest BCUT2D eigenvalue weighted by Gasteiger charge is 2.21. The van der Waals surface area contributed by atoms with E-state index in [4.69, 9.17) is 0 Å². The van der Waals surface area contributed by atoms with Gasteiger partial charge in [0.15, 0.2) is 12.4 Å². The number of amides is 1. The lowest BCUT2D eigenvalue weighted by atomic mass is 10.0. The average Bonchev–Trinajstić information content (AvgIpc) is 3.10. The Morgan fingerprint density at radius 2 is 1.97 bits per heavy atom. The number of benzene rings is 2. The lowest BCUT2D eigenvalue weighted by Gasteiger charge is -2.11. The molecule has 0 aliphatic heterocycles. The fourth-order valence-electron chi connectivity index (χ4n) is 3.11. The highest BCUT2D eigenvalue weighted by atomic mass is 32.2. The minimum atomic E-state index is -4.24. The Balaban J connectivity index is 2.06. The van der Waals surface area contributed by atoms with Gasteiger partial charge in [-0.1, -0.05) is 23.8 Å². The van der Waals surface area contributed by atoms with E-state index in [9.17, 15) is 27.7 Å². The summed E-state index contributed by atoms with van der Waals surface area (Å²) in [4.78, 5) is 29.8. The van der Waals surface area contributed by atoms with Gasteiger partial charge in [-0.15, -0.1) is 15.2 Å². The molecule has 2 aromatic carbocycles. The zero-order valence-corrected chi connectivity index (χ0v) is 18.7. The van der Waals surface area contributed by atoms with Crippen LogP contribution in [0.1, 0.15) is 35.3 Å². The van der Waals surface area contributed by atoms with Crippen LogP contribution in [0.25, 0.3) is 5.69 Å². The second kappa shape index (κ2) is 9.32. The summed E-state index contributed by atoms with van der Waals surface area (Å²) < 4.78 is 42.2. The molecule has 0 atom stereocenters. The number of aromatic nitrogens is 3. The summed E-state index contributed by atoms with van der Waals surface area (Å²) in [6.07, 6.45) is 0.227. The standard InChI is InChI=1S/C20H20FN5O6S/c1-12-4-5-13(2)15(8-12)9-20-22-19(11-32-26(28)29)23-25(20)18-7-6-16(10-17(18)21)33(30,31)24-14(3)27/h4-8,10H,9,11H2,1-3H3,(H,24,27). The van der Waals surface area contributed by atoms with Crippen molar-refractivity contribution in [3.8, 4) is 5.69 Å². The molecule has 0 aliphatic carbocycles. The summed E-state index contributed by atoms with van der Waals surface area (Å²) in [6.45, 7) is 4.29. The molecule has 0 radical (unpaired) electrons. The van der Waals surface area contributed by atoms with Gasteiger partial charge in [0.05, 0.1) is 4.90 Å². The molecule has 174 valence electrons. The first-order valence-electron chi connectivity index (χ1n) is 9.58. The van der Waals surface area contributed by atoms with Crippen molar-refractivity contribution >= 4 is 15.9 Å². The molecular weight excluding hydrogens is 457 g/mol. The molecule has 1 N–H and O–H groups in total. The Hall–Kier alpha value is -3.87. The molecule has 3 aromatic rings. The molecule has 0 unspecified atom stereocenters. The van der Waals surface area contributed by atoms with Gasteiger partial charge in [0.1, 0.15) is 17.3 Å². The van der Waals surface area contributed by atoms with Crippen molar-refractivity contribution in [3.63, 3.8) is 0 Å². The van der Waals surface area contributed by atoms with Gasteiger partial charge in [-0.2, -0.15) is 0 Å². The maximum absolute atomic E-state index is 15.0. The van der Waals surface area contributed by atoms with Crippen LogP contribution < -0.4 is 4.72 Å². The predicted molar refractivity (Wildman–Crippen MR) is 113 cm³/mol. The van der Waals surface area contributed by atoms with E-state index in [-0.39, 0.29) is 23.8 Å². The van der Waals surface area contributed by atoms with Crippen LogP contribution in [-0.4, -0.2) is 34.2 Å². The van der Waals surface area contributed by atoms with Crippen molar-refractivity contribution in [3.05, 3.63) is 80.7 Å². The number of nitrogens with zero attached hydrogens (tertiary/aromatic N) is 4. The first-order valence-corrected chi connectivity index (χ1v) is 11.1. The highest BCUT2D eigenvalue weighted by molar-refractivity contribution is 7.90. The Bertz CT molecular complexity index is 1340. The highest BCUT2D eigenvalue weighted by Crippen LogP contribution is 2.22. The largest absolute Gasteiger partial charge is 0.306 e. The Morgan fingerprint density at radius 3 is 2.61 bits per heavy atom. The number of halogens is 1. The van der Waals surface area contributed by atoms with Gasteiger partial charge < -0.3 is 4.84 Å². The molecule has 1 amide bonds. The summed E-state index contributed by atoms with van der Waals surface area (Å²) in [5, 5.41) is 13.7. The second-order valence-corrected chi connectivity index (χ2v) is 8.92. The fraction of sp³-hybridized carbons (Fsp3) is 0.250. The third kappa shape index (κ3) is 5.68. The SMILES string of the molecule is CC(=O)NS(=O)(=O)c1ccc(-n2nc(CO[N+](=O)[O-])nc2Cc2cc(C)ccc2C)c(F)c1. The van der Waals surface area contributed by atoms with Crippen LogP contribution in [-0.2, 0) is 32.7 Å². The molecular formula is C20H20FN5O6S. The summed E-state index contributed by atoms with van der Waals surface area (Å²) in [6, 6.07) is 8.82. The summed E-state index contributed by atoms with van der Waals surface area (Å²) in [5.74, 6) is -1.55. The molecule has 0 bridgehead atoms.